The highest BCUT2D eigenvalue weighted by Gasteiger charge is 2.46. The average molecular weight is 365 g/mol. The fraction of sp³-hybridized carbons (Fsp3) is 0.421. The lowest BCUT2D eigenvalue weighted by atomic mass is 9.70. The van der Waals surface area contributed by atoms with Crippen LogP contribution in [0.4, 0.5) is 13.2 Å². The van der Waals surface area contributed by atoms with Crippen LogP contribution in [-0.2, 0) is 20.5 Å². The highest BCUT2D eigenvalue weighted by Crippen LogP contribution is 2.47. The molecule has 3 rings (SSSR count). The van der Waals surface area contributed by atoms with Gasteiger partial charge in [0.25, 0.3) is 0 Å². The van der Waals surface area contributed by atoms with Crippen LogP contribution in [0.2, 0.25) is 0 Å². The van der Waals surface area contributed by atoms with Gasteiger partial charge in [-0.3, -0.25) is 14.6 Å². The lowest BCUT2D eigenvalue weighted by Gasteiger charge is -2.35. The Balaban J connectivity index is 2.27. The van der Waals surface area contributed by atoms with Crippen molar-refractivity contribution in [3.05, 3.63) is 46.7 Å². The maximum Gasteiger partial charge on any atom is 0.416 e. The maximum atomic E-state index is 13.6. The minimum atomic E-state index is -4.60. The number of esters is 1. The summed E-state index contributed by atoms with van der Waals surface area (Å²) >= 11 is 0. The number of hydrogen-bond acceptors (Lipinski definition) is 4. The lowest BCUT2D eigenvalue weighted by molar-refractivity contribution is -0.144. The van der Waals surface area contributed by atoms with Gasteiger partial charge in [0.15, 0.2) is 5.78 Å². The molecule has 0 radical (unpaired) electrons. The van der Waals surface area contributed by atoms with Crippen LogP contribution in [0.3, 0.4) is 0 Å². The molecule has 0 bridgehead atoms. The summed E-state index contributed by atoms with van der Waals surface area (Å²) in [5, 5.41) is 0. The minimum absolute atomic E-state index is 0.0904. The summed E-state index contributed by atoms with van der Waals surface area (Å²) < 4.78 is 45.6. The second kappa shape index (κ2) is 6.70. The van der Waals surface area contributed by atoms with Crippen LogP contribution in [0.1, 0.15) is 43.2 Å². The molecule has 1 aliphatic heterocycles. The molecule has 1 aromatic carbocycles. The molecule has 1 unspecified atom stereocenters. The summed E-state index contributed by atoms with van der Waals surface area (Å²) in [5.41, 5.74) is 0.133. The Labute approximate surface area is 148 Å². The largest absolute Gasteiger partial charge is 0.468 e. The first-order valence-corrected chi connectivity index (χ1v) is 8.31. The fourth-order valence-electron chi connectivity index (χ4n) is 3.80. The van der Waals surface area contributed by atoms with E-state index >= 15 is 0 Å². The highest BCUT2D eigenvalue weighted by molar-refractivity contribution is 6.08. The van der Waals surface area contributed by atoms with Gasteiger partial charge < -0.3 is 4.74 Å². The Bertz CT molecular complexity index is 824. The van der Waals surface area contributed by atoms with E-state index in [9.17, 15) is 22.8 Å². The number of Topliss-reactive ketones (excluding diaryl/α,β-unsaturated/α-hetero) is 1. The molecule has 1 heterocycles. The van der Waals surface area contributed by atoms with Gasteiger partial charge >= 0.3 is 12.1 Å². The summed E-state index contributed by atoms with van der Waals surface area (Å²) in [6, 6.07) is 5.07. The summed E-state index contributed by atoms with van der Waals surface area (Å²) in [6.07, 6.45) is -3.24. The molecule has 4 nitrogen and oxygen atoms in total. The van der Waals surface area contributed by atoms with E-state index < -0.39 is 29.5 Å². The third-order valence-corrected chi connectivity index (χ3v) is 4.89. The normalized spacial score (nSPS) is 23.4. The SMILES string of the molecule is COC(=O)C1C(C)=NC2=C(C(=O)CCC2)[C@@H]1c1ccccc1C(F)(F)F. The molecule has 0 saturated heterocycles. The molecule has 0 aromatic heterocycles. The van der Waals surface area contributed by atoms with Crippen LogP contribution in [0.5, 0.6) is 0 Å². The maximum absolute atomic E-state index is 13.6. The monoisotopic (exact) mass is 365 g/mol. The first-order valence-electron chi connectivity index (χ1n) is 8.31. The average Bonchev–Trinajstić information content (AvgIpc) is 2.59. The first kappa shape index (κ1) is 18.4. The molecule has 0 N–H and O–H groups in total. The van der Waals surface area contributed by atoms with Crippen LogP contribution in [0.25, 0.3) is 0 Å². The predicted octanol–water partition coefficient (Wildman–Crippen LogP) is 4.06. The molecule has 26 heavy (non-hydrogen) atoms. The number of alkyl halides is 3. The smallest absolute Gasteiger partial charge is 0.416 e. The van der Waals surface area contributed by atoms with E-state index in [4.69, 9.17) is 4.74 Å². The number of aliphatic imine (C=N–C) groups is 1. The van der Waals surface area contributed by atoms with E-state index in [2.05, 4.69) is 4.99 Å². The number of carbonyl (C=O) groups is 2. The number of ketones is 1. The van der Waals surface area contributed by atoms with Crippen molar-refractivity contribution in [1.29, 1.82) is 0 Å². The van der Waals surface area contributed by atoms with Gasteiger partial charge in [-0.2, -0.15) is 13.2 Å². The van der Waals surface area contributed by atoms with Crippen molar-refractivity contribution < 1.29 is 27.5 Å². The number of allylic oxidation sites excluding steroid dienone is 2. The van der Waals surface area contributed by atoms with Gasteiger partial charge in [0, 0.05) is 29.3 Å². The summed E-state index contributed by atoms with van der Waals surface area (Å²) in [5.74, 6) is -3.04. The lowest BCUT2D eigenvalue weighted by Crippen LogP contribution is -2.37. The Kier molecular flexibility index (Phi) is 4.73. The molecule has 0 fully saturated rings. The van der Waals surface area contributed by atoms with Gasteiger partial charge in [0.1, 0.15) is 5.92 Å². The fourth-order valence-corrected chi connectivity index (χ4v) is 3.80. The van der Waals surface area contributed by atoms with Crippen LogP contribution >= 0.6 is 0 Å². The third kappa shape index (κ3) is 3.06. The second-order valence-corrected chi connectivity index (χ2v) is 6.45. The third-order valence-electron chi connectivity index (χ3n) is 4.89. The molecular weight excluding hydrogens is 347 g/mol. The van der Waals surface area contributed by atoms with Crippen LogP contribution in [0.15, 0.2) is 40.5 Å². The Morgan fingerprint density at radius 1 is 1.23 bits per heavy atom. The Morgan fingerprint density at radius 3 is 2.58 bits per heavy atom. The molecule has 0 saturated carbocycles. The van der Waals surface area contributed by atoms with E-state index in [1.54, 1.807) is 6.92 Å². The summed E-state index contributed by atoms with van der Waals surface area (Å²) in [7, 11) is 1.18. The Morgan fingerprint density at radius 2 is 1.92 bits per heavy atom. The molecule has 7 heteroatoms. The Hall–Kier alpha value is -2.44. The minimum Gasteiger partial charge on any atom is -0.468 e. The number of carbonyl (C=O) groups excluding carboxylic acids is 2. The number of ether oxygens (including phenoxy) is 1. The topological polar surface area (TPSA) is 55.7 Å². The van der Waals surface area contributed by atoms with Crippen molar-refractivity contribution in [3.63, 3.8) is 0 Å². The summed E-state index contributed by atoms with van der Waals surface area (Å²) in [6.45, 7) is 1.59. The van der Waals surface area contributed by atoms with Crippen molar-refractivity contribution in [2.45, 2.75) is 38.3 Å². The van der Waals surface area contributed by atoms with Gasteiger partial charge in [-0.1, -0.05) is 18.2 Å². The van der Waals surface area contributed by atoms with E-state index in [1.807, 2.05) is 0 Å². The molecule has 0 spiro atoms. The van der Waals surface area contributed by atoms with E-state index in [0.717, 1.165) is 6.07 Å². The van der Waals surface area contributed by atoms with Crippen LogP contribution in [-0.4, -0.2) is 24.6 Å². The number of methoxy groups -OCH3 is 1. The molecule has 138 valence electrons. The van der Waals surface area contributed by atoms with Gasteiger partial charge in [0.2, 0.25) is 0 Å². The van der Waals surface area contributed by atoms with Crippen molar-refractivity contribution in [2.75, 3.05) is 7.11 Å². The molecule has 2 aliphatic rings. The number of hydrogen-bond donors (Lipinski definition) is 0. The zero-order chi connectivity index (χ0) is 19.1. The molecule has 1 aromatic rings. The first-order chi connectivity index (χ1) is 12.3. The van der Waals surface area contributed by atoms with Crippen molar-refractivity contribution in [3.8, 4) is 0 Å². The predicted molar refractivity (Wildman–Crippen MR) is 88.7 cm³/mol. The number of benzene rings is 1. The standard InChI is InChI=1S/C19H18F3NO3/c1-10-15(18(25)26-2)16(17-13(23-10)8-5-9-14(17)24)11-6-3-4-7-12(11)19(20,21)22/h3-4,6-7,15-16H,5,8-9H2,1-2H3/t15?,16-/m1/s1. The molecular formula is C19H18F3NO3. The highest BCUT2D eigenvalue weighted by atomic mass is 19.4. The zero-order valence-corrected chi connectivity index (χ0v) is 14.4. The zero-order valence-electron chi connectivity index (χ0n) is 14.4. The van der Waals surface area contributed by atoms with Gasteiger partial charge in [-0.05, 0) is 31.4 Å². The molecule has 2 atom stereocenters. The van der Waals surface area contributed by atoms with Crippen LogP contribution in [0, 0.1) is 5.92 Å². The van der Waals surface area contributed by atoms with Gasteiger partial charge in [-0.15, -0.1) is 0 Å². The van der Waals surface area contributed by atoms with Gasteiger partial charge in [-0.25, -0.2) is 0 Å². The molecule has 1 aliphatic carbocycles. The van der Waals surface area contributed by atoms with Crippen molar-refractivity contribution >= 4 is 17.5 Å². The quantitative estimate of drug-likeness (QED) is 0.743. The van der Waals surface area contributed by atoms with E-state index in [-0.39, 0.29) is 23.3 Å². The van der Waals surface area contributed by atoms with Gasteiger partial charge in [0.05, 0.1) is 12.7 Å². The van der Waals surface area contributed by atoms with E-state index in [0.29, 0.717) is 24.3 Å². The van der Waals surface area contributed by atoms with Crippen LogP contribution < -0.4 is 0 Å². The number of nitrogens with zero attached hydrogens (tertiary/aromatic N) is 1. The van der Waals surface area contributed by atoms with Crippen molar-refractivity contribution in [2.24, 2.45) is 10.9 Å². The number of rotatable bonds is 2. The number of halogens is 3. The molecule has 0 amide bonds. The van der Waals surface area contributed by atoms with E-state index in [1.165, 1.54) is 25.3 Å². The summed E-state index contributed by atoms with van der Waals surface area (Å²) in [4.78, 5) is 29.3. The second-order valence-electron chi connectivity index (χ2n) is 6.45. The van der Waals surface area contributed by atoms with Crippen molar-refractivity contribution in [1.82, 2.24) is 0 Å².